The van der Waals surface area contributed by atoms with Gasteiger partial charge in [0.05, 0.1) is 26.3 Å². The summed E-state index contributed by atoms with van der Waals surface area (Å²) in [5, 5.41) is 11.1. The first-order valence-corrected chi connectivity index (χ1v) is 7.68. The van der Waals surface area contributed by atoms with E-state index in [0.717, 1.165) is 57.5 Å². The number of aromatic nitrogens is 3. The SMILES string of the molecule is CCNC(=NCC1(C)COC1)NC1CCc2ncnn2C1.I. The van der Waals surface area contributed by atoms with Crippen molar-refractivity contribution in [2.75, 3.05) is 26.3 Å². The van der Waals surface area contributed by atoms with Gasteiger partial charge >= 0.3 is 0 Å². The van der Waals surface area contributed by atoms with E-state index < -0.39 is 0 Å². The Morgan fingerprint density at radius 2 is 2.36 bits per heavy atom. The Bertz CT molecular complexity index is 513. The summed E-state index contributed by atoms with van der Waals surface area (Å²) in [7, 11) is 0. The molecule has 1 aromatic heterocycles. The molecule has 3 rings (SSSR count). The molecule has 1 fully saturated rings. The van der Waals surface area contributed by atoms with E-state index in [9.17, 15) is 0 Å². The lowest BCUT2D eigenvalue weighted by atomic mass is 9.89. The average molecular weight is 420 g/mol. The molecule has 3 heterocycles. The van der Waals surface area contributed by atoms with E-state index in [-0.39, 0.29) is 29.4 Å². The molecule has 7 nitrogen and oxygen atoms in total. The van der Waals surface area contributed by atoms with Crippen LogP contribution in [-0.2, 0) is 17.7 Å². The summed E-state index contributed by atoms with van der Waals surface area (Å²) < 4.78 is 7.26. The topological polar surface area (TPSA) is 76.4 Å². The monoisotopic (exact) mass is 420 g/mol. The van der Waals surface area contributed by atoms with Crippen molar-refractivity contribution >= 4 is 29.9 Å². The molecule has 0 bridgehead atoms. The summed E-state index contributed by atoms with van der Waals surface area (Å²) in [6, 6.07) is 0.349. The molecule has 1 unspecified atom stereocenters. The van der Waals surface area contributed by atoms with Crippen LogP contribution < -0.4 is 10.6 Å². The molecule has 2 N–H and O–H groups in total. The van der Waals surface area contributed by atoms with Gasteiger partial charge in [0.15, 0.2) is 5.96 Å². The van der Waals surface area contributed by atoms with E-state index in [4.69, 9.17) is 9.73 Å². The minimum atomic E-state index is 0. The highest BCUT2D eigenvalue weighted by Gasteiger charge is 2.33. The zero-order valence-electron chi connectivity index (χ0n) is 13.2. The van der Waals surface area contributed by atoms with Crippen LogP contribution in [0.1, 0.15) is 26.1 Å². The lowest BCUT2D eigenvalue weighted by Crippen LogP contribution is -2.48. The minimum absolute atomic E-state index is 0. The molecule has 0 aliphatic carbocycles. The zero-order chi connectivity index (χ0) is 14.7. The number of aryl methyl sites for hydroxylation is 1. The maximum atomic E-state index is 5.28. The third kappa shape index (κ3) is 4.09. The summed E-state index contributed by atoms with van der Waals surface area (Å²) in [5.41, 5.74) is 0.202. The van der Waals surface area contributed by atoms with Crippen LogP contribution in [0.4, 0.5) is 0 Å². The summed E-state index contributed by atoms with van der Waals surface area (Å²) in [5.74, 6) is 1.97. The second-order valence-electron chi connectivity index (χ2n) is 6.24. The maximum Gasteiger partial charge on any atom is 0.191 e. The van der Waals surface area contributed by atoms with Gasteiger partial charge in [0, 0.05) is 24.4 Å². The molecular formula is C14H25IN6O. The normalized spacial score (nSPS) is 23.0. The van der Waals surface area contributed by atoms with E-state index in [1.54, 1.807) is 6.33 Å². The van der Waals surface area contributed by atoms with Crippen LogP contribution in [0.3, 0.4) is 0 Å². The molecular weight excluding hydrogens is 395 g/mol. The van der Waals surface area contributed by atoms with Crippen molar-refractivity contribution < 1.29 is 4.74 Å². The van der Waals surface area contributed by atoms with Crippen molar-refractivity contribution in [3.63, 3.8) is 0 Å². The molecule has 0 saturated carbocycles. The maximum absolute atomic E-state index is 5.28. The van der Waals surface area contributed by atoms with Gasteiger partial charge in [0.2, 0.25) is 0 Å². The third-order valence-electron chi connectivity index (χ3n) is 4.01. The molecule has 0 spiro atoms. The number of aliphatic imine (C=N–C) groups is 1. The summed E-state index contributed by atoms with van der Waals surface area (Å²) >= 11 is 0. The van der Waals surface area contributed by atoms with Gasteiger partial charge in [-0.1, -0.05) is 6.92 Å². The van der Waals surface area contributed by atoms with Crippen LogP contribution in [0.2, 0.25) is 0 Å². The van der Waals surface area contributed by atoms with Crippen molar-refractivity contribution in [2.45, 2.75) is 39.3 Å². The molecule has 1 saturated heterocycles. The summed E-state index contributed by atoms with van der Waals surface area (Å²) in [6.45, 7) is 8.42. The number of nitrogens with one attached hydrogen (secondary N) is 2. The number of halogens is 1. The van der Waals surface area contributed by atoms with Crippen LogP contribution in [0.25, 0.3) is 0 Å². The quantitative estimate of drug-likeness (QED) is 0.428. The highest BCUT2D eigenvalue weighted by molar-refractivity contribution is 14.0. The van der Waals surface area contributed by atoms with E-state index in [1.807, 2.05) is 4.68 Å². The van der Waals surface area contributed by atoms with E-state index >= 15 is 0 Å². The predicted octanol–water partition coefficient (Wildman–Crippen LogP) is 0.802. The summed E-state index contributed by atoms with van der Waals surface area (Å²) in [6.07, 6.45) is 3.65. The van der Waals surface area contributed by atoms with Crippen LogP contribution >= 0.6 is 24.0 Å². The largest absolute Gasteiger partial charge is 0.380 e. The molecule has 8 heteroatoms. The minimum Gasteiger partial charge on any atom is -0.380 e. The van der Waals surface area contributed by atoms with Crippen LogP contribution in [0.5, 0.6) is 0 Å². The Kier molecular flexibility index (Phi) is 6.01. The zero-order valence-corrected chi connectivity index (χ0v) is 15.5. The van der Waals surface area contributed by atoms with Gasteiger partial charge in [0.25, 0.3) is 0 Å². The molecule has 0 amide bonds. The predicted molar refractivity (Wildman–Crippen MR) is 95.6 cm³/mol. The second kappa shape index (κ2) is 7.58. The fourth-order valence-corrected chi connectivity index (χ4v) is 2.68. The Balaban J connectivity index is 0.00000176. The Hall–Kier alpha value is -0.900. The van der Waals surface area contributed by atoms with E-state index in [0.29, 0.717) is 6.04 Å². The fraction of sp³-hybridized carbons (Fsp3) is 0.786. The first kappa shape index (κ1) is 17.5. The number of hydrogen-bond acceptors (Lipinski definition) is 4. The molecule has 2 aliphatic heterocycles. The number of fused-ring (bicyclic) bond motifs is 1. The number of ether oxygens (including phenoxy) is 1. The van der Waals surface area contributed by atoms with Gasteiger partial charge in [-0.3, -0.25) is 4.99 Å². The highest BCUT2D eigenvalue weighted by Crippen LogP contribution is 2.26. The van der Waals surface area contributed by atoms with Crippen molar-refractivity contribution in [1.29, 1.82) is 0 Å². The van der Waals surface area contributed by atoms with Crippen molar-refractivity contribution in [3.8, 4) is 0 Å². The van der Waals surface area contributed by atoms with E-state index in [1.165, 1.54) is 0 Å². The third-order valence-corrected chi connectivity index (χ3v) is 4.01. The van der Waals surface area contributed by atoms with Crippen LogP contribution in [-0.4, -0.2) is 53.1 Å². The van der Waals surface area contributed by atoms with E-state index in [2.05, 4.69) is 34.6 Å². The molecule has 1 aromatic rings. The number of hydrogen-bond donors (Lipinski definition) is 2. The van der Waals surface area contributed by atoms with Crippen LogP contribution in [0.15, 0.2) is 11.3 Å². The van der Waals surface area contributed by atoms with Gasteiger partial charge < -0.3 is 15.4 Å². The second-order valence-corrected chi connectivity index (χ2v) is 6.24. The van der Waals surface area contributed by atoms with Crippen LogP contribution in [0, 0.1) is 5.41 Å². The number of guanidine groups is 1. The molecule has 0 radical (unpaired) electrons. The number of rotatable bonds is 4. The Morgan fingerprint density at radius 3 is 3.05 bits per heavy atom. The Morgan fingerprint density at radius 1 is 1.55 bits per heavy atom. The number of nitrogens with zero attached hydrogens (tertiary/aromatic N) is 4. The lowest BCUT2D eigenvalue weighted by molar-refractivity contribution is -0.0945. The molecule has 1 atom stereocenters. The van der Waals surface area contributed by atoms with Crippen molar-refractivity contribution in [2.24, 2.45) is 10.4 Å². The fourth-order valence-electron chi connectivity index (χ4n) is 2.68. The standard InChI is InChI=1S/C14H24N6O.HI/c1-3-15-13(16-7-14(2)8-21-9-14)19-11-4-5-12-17-10-18-20(12)6-11;/h10-11H,3-9H2,1-2H3,(H2,15,16,19);1H. The van der Waals surface area contributed by atoms with Gasteiger partial charge in [-0.25, -0.2) is 9.67 Å². The van der Waals surface area contributed by atoms with Gasteiger partial charge in [-0.2, -0.15) is 5.10 Å². The molecule has 2 aliphatic rings. The molecule has 22 heavy (non-hydrogen) atoms. The van der Waals surface area contributed by atoms with Crippen molar-refractivity contribution in [3.05, 3.63) is 12.2 Å². The Labute approximate surface area is 148 Å². The van der Waals surface area contributed by atoms with Gasteiger partial charge in [-0.05, 0) is 13.3 Å². The molecule has 124 valence electrons. The highest BCUT2D eigenvalue weighted by atomic mass is 127. The van der Waals surface area contributed by atoms with Gasteiger partial charge in [0.1, 0.15) is 12.2 Å². The average Bonchev–Trinajstić information content (AvgIpc) is 2.90. The first-order valence-electron chi connectivity index (χ1n) is 7.68. The molecule has 0 aromatic carbocycles. The van der Waals surface area contributed by atoms with Crippen molar-refractivity contribution in [1.82, 2.24) is 25.4 Å². The summed E-state index contributed by atoms with van der Waals surface area (Å²) in [4.78, 5) is 8.97. The lowest BCUT2D eigenvalue weighted by Gasteiger charge is -2.36. The first-order chi connectivity index (χ1) is 10.2. The van der Waals surface area contributed by atoms with Gasteiger partial charge in [-0.15, -0.1) is 24.0 Å². The smallest absolute Gasteiger partial charge is 0.191 e.